The monoisotopic (exact) mass is 975 g/mol. The Labute approximate surface area is 395 Å². The number of hydrogen-bond acceptors (Lipinski definition) is 11. The standard InChI is InChI=1S/C49H100O14P2/c1-35(2)17-11-19-37(5)21-13-23-39(7)25-15-27-41(9)29-31-59-33-43(60-32-30-42(10)28-16-26-40(8)24-14-22-38(6)20-12-18-36(3)4)34-61-65(57,58)63-49-46(52)44(50)45(51)48(47(49)53)62-64(54,55)56/h35-53H,11-34H2,1-10H3,(H,57,58)(H2,54,55,56)/t37?,38?,39?,40?,41?,42?,43-,44-,45-,46+,47+,48+,49-/m0/s1. The van der Waals surface area contributed by atoms with Gasteiger partial charge in [0.15, 0.2) is 0 Å². The zero-order valence-electron chi connectivity index (χ0n) is 42.5. The molecule has 0 aliphatic heterocycles. The van der Waals surface area contributed by atoms with Crippen LogP contribution in [0.4, 0.5) is 0 Å². The molecule has 0 aromatic rings. The Hall–Kier alpha value is -0.0200. The topological polar surface area (TPSA) is 222 Å². The predicted octanol–water partition coefficient (Wildman–Crippen LogP) is 10.8. The van der Waals surface area contributed by atoms with Crippen molar-refractivity contribution in [1.82, 2.24) is 0 Å². The summed E-state index contributed by atoms with van der Waals surface area (Å²) < 4.78 is 51.5. The molecular weight excluding hydrogens is 874 g/mol. The van der Waals surface area contributed by atoms with E-state index in [0.717, 1.165) is 55.8 Å². The lowest BCUT2D eigenvalue weighted by atomic mass is 9.85. The normalized spacial score (nSPS) is 25.0. The van der Waals surface area contributed by atoms with Crippen LogP contribution < -0.4 is 0 Å². The summed E-state index contributed by atoms with van der Waals surface area (Å²) in [4.78, 5) is 29.1. The highest BCUT2D eigenvalue weighted by Crippen LogP contribution is 2.49. The lowest BCUT2D eigenvalue weighted by Gasteiger charge is -2.43. The summed E-state index contributed by atoms with van der Waals surface area (Å²) in [6.07, 6.45) is 10.4. The van der Waals surface area contributed by atoms with Crippen LogP contribution in [0.1, 0.15) is 198 Å². The van der Waals surface area contributed by atoms with Gasteiger partial charge in [-0.15, -0.1) is 0 Å². The molecule has 0 amide bonds. The van der Waals surface area contributed by atoms with Crippen molar-refractivity contribution in [3.8, 4) is 0 Å². The first-order chi connectivity index (χ1) is 30.4. The summed E-state index contributed by atoms with van der Waals surface area (Å²) in [7, 11) is -10.4. The van der Waals surface area contributed by atoms with Crippen LogP contribution in [0, 0.1) is 47.3 Å². The Balaban J connectivity index is 2.67. The minimum absolute atomic E-state index is 0.0691. The van der Waals surface area contributed by atoms with Gasteiger partial charge >= 0.3 is 15.6 Å². The van der Waals surface area contributed by atoms with Gasteiger partial charge in [-0.25, -0.2) is 9.13 Å². The molecule has 7 unspecified atom stereocenters. The van der Waals surface area contributed by atoms with Crippen LogP contribution in [0.25, 0.3) is 0 Å². The number of phosphoric ester groups is 2. The van der Waals surface area contributed by atoms with Crippen LogP contribution in [-0.2, 0) is 32.2 Å². The van der Waals surface area contributed by atoms with Gasteiger partial charge in [0.05, 0.1) is 13.2 Å². The minimum atomic E-state index is -5.30. The molecule has 1 aliphatic carbocycles. The van der Waals surface area contributed by atoms with Crippen LogP contribution in [0.3, 0.4) is 0 Å². The fourth-order valence-electron chi connectivity index (χ4n) is 8.90. The van der Waals surface area contributed by atoms with Crippen molar-refractivity contribution in [3.63, 3.8) is 0 Å². The van der Waals surface area contributed by atoms with Crippen LogP contribution in [-0.4, -0.2) is 104 Å². The molecule has 1 fully saturated rings. The van der Waals surface area contributed by atoms with E-state index in [4.69, 9.17) is 18.5 Å². The molecule has 0 bridgehead atoms. The van der Waals surface area contributed by atoms with Gasteiger partial charge in [-0.3, -0.25) is 13.6 Å². The zero-order chi connectivity index (χ0) is 49.2. The molecule has 16 heteroatoms. The van der Waals surface area contributed by atoms with Gasteiger partial charge in [-0.2, -0.15) is 0 Å². The Morgan fingerprint density at radius 3 is 1.12 bits per heavy atom. The smallest absolute Gasteiger partial charge is 0.387 e. The quantitative estimate of drug-likeness (QED) is 0.0224. The third-order valence-corrected chi connectivity index (χ3v) is 15.0. The molecule has 390 valence electrons. The van der Waals surface area contributed by atoms with E-state index in [1.807, 2.05) is 0 Å². The summed E-state index contributed by atoms with van der Waals surface area (Å²) in [5, 5.41) is 41.6. The number of ether oxygens (including phenoxy) is 2. The molecule has 0 heterocycles. The average molecular weight is 975 g/mol. The Kier molecular flexibility index (Phi) is 33.3. The van der Waals surface area contributed by atoms with E-state index in [-0.39, 0.29) is 6.61 Å². The van der Waals surface area contributed by atoms with Crippen molar-refractivity contribution < 1.29 is 67.3 Å². The number of phosphoric acid groups is 2. The van der Waals surface area contributed by atoms with Gasteiger partial charge < -0.3 is 44.6 Å². The maximum Gasteiger partial charge on any atom is 0.472 e. The SMILES string of the molecule is CC(C)CCCC(C)CCCC(C)CCCC(C)CCOC[C@@H](COP(=O)(O)O[C@@H]1[C@H](O)[C@H](OP(=O)(O)O)[C@@H](O)[C@H](O)[C@H]1O)OCCC(C)CCCC(C)CCCC(C)CCCC(C)C. The zero-order valence-corrected chi connectivity index (χ0v) is 44.3. The number of aliphatic hydroxyl groups excluding tert-OH is 4. The first-order valence-electron chi connectivity index (χ1n) is 25.7. The predicted molar refractivity (Wildman–Crippen MR) is 259 cm³/mol. The van der Waals surface area contributed by atoms with Crippen LogP contribution in [0.2, 0.25) is 0 Å². The molecule has 0 aromatic carbocycles. The van der Waals surface area contributed by atoms with Gasteiger partial charge in [0.25, 0.3) is 0 Å². The molecule has 14 atom stereocenters. The maximum absolute atomic E-state index is 13.1. The van der Waals surface area contributed by atoms with Gasteiger partial charge in [-0.1, -0.05) is 185 Å². The van der Waals surface area contributed by atoms with E-state index in [0.29, 0.717) is 36.9 Å². The second kappa shape index (κ2) is 34.3. The highest BCUT2D eigenvalue weighted by molar-refractivity contribution is 7.47. The van der Waals surface area contributed by atoms with E-state index in [1.165, 1.54) is 96.3 Å². The average Bonchev–Trinajstić information content (AvgIpc) is 3.20. The lowest BCUT2D eigenvalue weighted by Crippen LogP contribution is -2.64. The largest absolute Gasteiger partial charge is 0.472 e. The van der Waals surface area contributed by atoms with E-state index in [1.54, 1.807) is 0 Å². The van der Waals surface area contributed by atoms with Gasteiger partial charge in [0, 0.05) is 13.2 Å². The first kappa shape index (κ1) is 63.0. The summed E-state index contributed by atoms with van der Waals surface area (Å²) in [5.74, 6) is 5.39. The maximum atomic E-state index is 13.1. The second-order valence-corrected chi connectivity index (χ2v) is 24.1. The Morgan fingerprint density at radius 1 is 0.415 bits per heavy atom. The number of aliphatic hydroxyl groups is 4. The van der Waals surface area contributed by atoms with E-state index >= 15 is 0 Å². The Morgan fingerprint density at radius 2 is 0.754 bits per heavy atom. The highest BCUT2D eigenvalue weighted by Gasteiger charge is 2.54. The first-order valence-corrected chi connectivity index (χ1v) is 28.7. The molecule has 0 aromatic heterocycles. The fraction of sp³-hybridized carbons (Fsp3) is 1.00. The van der Waals surface area contributed by atoms with Crippen molar-refractivity contribution in [2.45, 2.75) is 240 Å². The summed E-state index contributed by atoms with van der Waals surface area (Å²) in [5.41, 5.74) is 0. The molecular formula is C49H100O14P2. The lowest BCUT2D eigenvalue weighted by molar-refractivity contribution is -0.216. The molecule has 0 spiro atoms. The Bertz CT molecular complexity index is 1270. The van der Waals surface area contributed by atoms with E-state index in [9.17, 15) is 44.2 Å². The summed E-state index contributed by atoms with van der Waals surface area (Å²) in [6.45, 7) is 23.5. The van der Waals surface area contributed by atoms with Gasteiger partial charge in [0.2, 0.25) is 0 Å². The van der Waals surface area contributed by atoms with Crippen molar-refractivity contribution in [1.29, 1.82) is 0 Å². The van der Waals surface area contributed by atoms with Crippen LogP contribution in [0.15, 0.2) is 0 Å². The van der Waals surface area contributed by atoms with Crippen molar-refractivity contribution >= 4 is 15.6 Å². The molecule has 65 heavy (non-hydrogen) atoms. The second-order valence-electron chi connectivity index (χ2n) is 21.5. The van der Waals surface area contributed by atoms with Crippen molar-refractivity contribution in [2.75, 3.05) is 26.4 Å². The number of hydrogen-bond donors (Lipinski definition) is 7. The van der Waals surface area contributed by atoms with Crippen molar-refractivity contribution in [2.24, 2.45) is 47.3 Å². The highest BCUT2D eigenvalue weighted by atomic mass is 31.2. The molecule has 14 nitrogen and oxygen atoms in total. The summed E-state index contributed by atoms with van der Waals surface area (Å²) in [6, 6.07) is 0. The third-order valence-electron chi connectivity index (χ3n) is 13.5. The molecule has 1 saturated carbocycles. The van der Waals surface area contributed by atoms with Crippen LogP contribution >= 0.6 is 15.6 Å². The van der Waals surface area contributed by atoms with E-state index < -0.39 is 65.0 Å². The molecule has 0 saturated heterocycles. The summed E-state index contributed by atoms with van der Waals surface area (Å²) >= 11 is 0. The molecule has 1 rings (SSSR count). The third kappa shape index (κ3) is 31.0. The molecule has 7 N–H and O–H groups in total. The van der Waals surface area contributed by atoms with Gasteiger partial charge in [0.1, 0.15) is 42.7 Å². The van der Waals surface area contributed by atoms with Crippen LogP contribution in [0.5, 0.6) is 0 Å². The van der Waals surface area contributed by atoms with E-state index in [2.05, 4.69) is 73.8 Å². The van der Waals surface area contributed by atoms with Crippen molar-refractivity contribution in [3.05, 3.63) is 0 Å². The molecule has 0 radical (unpaired) electrons. The fourth-order valence-corrected chi connectivity index (χ4v) is 10.4. The van der Waals surface area contributed by atoms with Gasteiger partial charge in [-0.05, 0) is 60.2 Å². The molecule has 1 aliphatic rings. The minimum Gasteiger partial charge on any atom is -0.387 e. The number of rotatable bonds is 40.